The Labute approximate surface area is 152 Å². The van der Waals surface area contributed by atoms with E-state index in [1.807, 2.05) is 49.6 Å². The van der Waals surface area contributed by atoms with Crippen LogP contribution >= 0.6 is 11.3 Å². The number of carbonyl (C=O) groups excluding carboxylic acids is 2. The van der Waals surface area contributed by atoms with Crippen LogP contribution in [0.2, 0.25) is 0 Å². The minimum atomic E-state index is -0.108. The molecular formula is C19H23N3O2S. The summed E-state index contributed by atoms with van der Waals surface area (Å²) in [6.07, 6.45) is 4.11. The molecule has 1 aromatic carbocycles. The smallest absolute Gasteiger partial charge is 0.246 e. The number of anilines is 2. The van der Waals surface area contributed by atoms with Gasteiger partial charge in [-0.25, -0.2) is 4.98 Å². The highest BCUT2D eigenvalue weighted by molar-refractivity contribution is 7.14. The van der Waals surface area contributed by atoms with Crippen LogP contribution in [0.5, 0.6) is 0 Å². The Morgan fingerprint density at radius 3 is 2.56 bits per heavy atom. The first kappa shape index (κ1) is 18.9. The summed E-state index contributed by atoms with van der Waals surface area (Å²) in [6.45, 7) is 5.57. The number of amides is 2. The maximum absolute atomic E-state index is 12.1. The van der Waals surface area contributed by atoms with Gasteiger partial charge in [0.05, 0.1) is 11.4 Å². The molecule has 1 unspecified atom stereocenters. The quantitative estimate of drug-likeness (QED) is 0.732. The summed E-state index contributed by atoms with van der Waals surface area (Å²) in [5.41, 5.74) is 1.43. The highest BCUT2D eigenvalue weighted by atomic mass is 32.1. The van der Waals surface area contributed by atoms with Crippen molar-refractivity contribution in [3.8, 4) is 0 Å². The molecule has 2 amide bonds. The monoisotopic (exact) mass is 357 g/mol. The number of likely N-dealkylation sites (N-methyl/N-ethyl adjacent to an activating group) is 1. The molecule has 0 spiro atoms. The fourth-order valence-corrected chi connectivity index (χ4v) is 3.08. The highest BCUT2D eigenvalue weighted by Crippen LogP contribution is 2.29. The molecular weight excluding hydrogens is 334 g/mol. The standard InChI is InChI=1S/C19H23N3O2S/c1-5-14(2)21(4)18(24)12-11-16-13-25-19(20-16)22(15(3)23)17-9-7-6-8-10-17/h6-14H,5H2,1-4H3/b12-11+. The van der Waals surface area contributed by atoms with Gasteiger partial charge in [0.25, 0.3) is 0 Å². The Bertz CT molecular complexity index is 755. The molecule has 1 aromatic heterocycles. The highest BCUT2D eigenvalue weighted by Gasteiger charge is 2.17. The van der Waals surface area contributed by atoms with Crippen LogP contribution in [0.3, 0.4) is 0 Å². The summed E-state index contributed by atoms with van der Waals surface area (Å²) >= 11 is 1.37. The van der Waals surface area contributed by atoms with Crippen LogP contribution in [0.4, 0.5) is 10.8 Å². The van der Waals surface area contributed by atoms with Crippen molar-refractivity contribution in [1.29, 1.82) is 0 Å². The number of rotatable bonds is 6. The van der Waals surface area contributed by atoms with Gasteiger partial charge in [0.1, 0.15) is 0 Å². The molecule has 5 nitrogen and oxygen atoms in total. The Morgan fingerprint density at radius 2 is 1.96 bits per heavy atom. The summed E-state index contributed by atoms with van der Waals surface area (Å²) in [7, 11) is 1.79. The van der Waals surface area contributed by atoms with E-state index in [2.05, 4.69) is 4.98 Å². The average molecular weight is 357 g/mol. The normalized spacial score (nSPS) is 12.2. The first-order chi connectivity index (χ1) is 11.9. The lowest BCUT2D eigenvalue weighted by Gasteiger charge is -2.22. The zero-order chi connectivity index (χ0) is 18.4. The molecule has 6 heteroatoms. The summed E-state index contributed by atoms with van der Waals surface area (Å²) in [4.78, 5) is 31.9. The molecule has 0 aliphatic carbocycles. The van der Waals surface area contributed by atoms with Gasteiger partial charge in [-0.05, 0) is 31.6 Å². The van der Waals surface area contributed by atoms with E-state index in [0.29, 0.717) is 10.8 Å². The van der Waals surface area contributed by atoms with Crippen molar-refractivity contribution in [2.45, 2.75) is 33.2 Å². The minimum absolute atomic E-state index is 0.0598. The summed E-state index contributed by atoms with van der Waals surface area (Å²) < 4.78 is 0. The molecule has 2 rings (SSSR count). The van der Waals surface area contributed by atoms with Crippen molar-refractivity contribution in [2.24, 2.45) is 0 Å². The predicted molar refractivity (Wildman–Crippen MR) is 103 cm³/mol. The number of thiazole rings is 1. The van der Waals surface area contributed by atoms with Crippen molar-refractivity contribution in [3.63, 3.8) is 0 Å². The lowest BCUT2D eigenvalue weighted by Crippen LogP contribution is -2.33. The fraction of sp³-hybridized carbons (Fsp3) is 0.316. The van der Waals surface area contributed by atoms with E-state index in [4.69, 9.17) is 0 Å². The van der Waals surface area contributed by atoms with E-state index < -0.39 is 0 Å². The maximum Gasteiger partial charge on any atom is 0.246 e. The second-order valence-corrected chi connectivity index (χ2v) is 6.62. The number of para-hydroxylation sites is 1. The Balaban J connectivity index is 2.17. The number of hydrogen-bond donors (Lipinski definition) is 0. The van der Waals surface area contributed by atoms with Crippen molar-refractivity contribution >= 4 is 40.0 Å². The third kappa shape index (κ3) is 4.76. The topological polar surface area (TPSA) is 53.5 Å². The number of aromatic nitrogens is 1. The second kappa shape index (κ2) is 8.58. The van der Waals surface area contributed by atoms with Crippen molar-refractivity contribution in [1.82, 2.24) is 9.88 Å². The molecule has 0 saturated carbocycles. The number of nitrogens with zero attached hydrogens (tertiary/aromatic N) is 3. The first-order valence-corrected chi connectivity index (χ1v) is 9.08. The SMILES string of the molecule is CCC(C)N(C)C(=O)/C=C/c1csc(N(C(C)=O)c2ccccc2)n1. The van der Waals surface area contributed by atoms with Gasteiger partial charge in [0.2, 0.25) is 11.8 Å². The first-order valence-electron chi connectivity index (χ1n) is 8.20. The second-order valence-electron chi connectivity index (χ2n) is 5.78. The van der Waals surface area contributed by atoms with Gasteiger partial charge in [0, 0.05) is 31.5 Å². The average Bonchev–Trinajstić information content (AvgIpc) is 3.07. The fourth-order valence-electron chi connectivity index (χ4n) is 2.22. The molecule has 1 atom stereocenters. The molecule has 132 valence electrons. The van der Waals surface area contributed by atoms with Gasteiger partial charge in [-0.1, -0.05) is 25.1 Å². The Hall–Kier alpha value is -2.47. The number of hydrogen-bond acceptors (Lipinski definition) is 4. The summed E-state index contributed by atoms with van der Waals surface area (Å²) in [5, 5.41) is 2.42. The van der Waals surface area contributed by atoms with Gasteiger partial charge < -0.3 is 4.90 Å². The van der Waals surface area contributed by atoms with E-state index in [0.717, 1.165) is 12.1 Å². The third-order valence-electron chi connectivity index (χ3n) is 4.03. The minimum Gasteiger partial charge on any atom is -0.340 e. The molecule has 0 bridgehead atoms. The van der Waals surface area contributed by atoms with Crippen molar-refractivity contribution < 1.29 is 9.59 Å². The molecule has 0 radical (unpaired) electrons. The van der Waals surface area contributed by atoms with Crippen LogP contribution in [0.1, 0.15) is 32.9 Å². The summed E-state index contributed by atoms with van der Waals surface area (Å²) in [6, 6.07) is 9.57. The molecule has 0 aliphatic rings. The van der Waals surface area contributed by atoms with Gasteiger partial charge in [-0.3, -0.25) is 14.5 Å². The molecule has 25 heavy (non-hydrogen) atoms. The van der Waals surface area contributed by atoms with E-state index in [9.17, 15) is 9.59 Å². The number of benzene rings is 1. The van der Waals surface area contributed by atoms with Crippen LogP contribution < -0.4 is 4.90 Å². The lowest BCUT2D eigenvalue weighted by molar-refractivity contribution is -0.126. The largest absolute Gasteiger partial charge is 0.340 e. The molecule has 0 saturated heterocycles. The van der Waals surface area contributed by atoms with E-state index in [1.54, 1.807) is 22.9 Å². The van der Waals surface area contributed by atoms with Gasteiger partial charge in [0.15, 0.2) is 5.13 Å². The van der Waals surface area contributed by atoms with E-state index >= 15 is 0 Å². The molecule has 2 aromatic rings. The predicted octanol–water partition coefficient (Wildman–Crippen LogP) is 4.10. The molecule has 0 aliphatic heterocycles. The van der Waals surface area contributed by atoms with Gasteiger partial charge in [-0.2, -0.15) is 0 Å². The lowest BCUT2D eigenvalue weighted by atomic mass is 10.2. The van der Waals surface area contributed by atoms with Crippen LogP contribution in [0.15, 0.2) is 41.8 Å². The zero-order valence-corrected chi connectivity index (χ0v) is 15.8. The molecule has 0 N–H and O–H groups in total. The molecule has 0 fully saturated rings. The Kier molecular flexibility index (Phi) is 6.47. The Morgan fingerprint density at radius 1 is 1.28 bits per heavy atom. The van der Waals surface area contributed by atoms with Crippen LogP contribution in [0.25, 0.3) is 6.08 Å². The molecule has 1 heterocycles. The van der Waals surface area contributed by atoms with Gasteiger partial charge >= 0.3 is 0 Å². The van der Waals surface area contributed by atoms with E-state index in [-0.39, 0.29) is 17.9 Å². The van der Waals surface area contributed by atoms with Crippen molar-refractivity contribution in [3.05, 3.63) is 47.5 Å². The third-order valence-corrected chi connectivity index (χ3v) is 4.87. The number of carbonyl (C=O) groups is 2. The van der Waals surface area contributed by atoms with Crippen LogP contribution in [-0.2, 0) is 9.59 Å². The maximum atomic E-state index is 12.1. The van der Waals surface area contributed by atoms with Crippen molar-refractivity contribution in [2.75, 3.05) is 11.9 Å². The zero-order valence-electron chi connectivity index (χ0n) is 15.0. The van der Waals surface area contributed by atoms with Crippen LogP contribution in [0, 0.1) is 0 Å². The van der Waals surface area contributed by atoms with Crippen LogP contribution in [-0.4, -0.2) is 34.8 Å². The van der Waals surface area contributed by atoms with Gasteiger partial charge in [-0.15, -0.1) is 11.3 Å². The summed E-state index contributed by atoms with van der Waals surface area (Å²) in [5.74, 6) is -0.168. The van der Waals surface area contributed by atoms with E-state index in [1.165, 1.54) is 24.3 Å².